The Balaban J connectivity index is 2.24. The van der Waals surface area contributed by atoms with Gasteiger partial charge in [0.2, 0.25) is 0 Å². The molecule has 1 aromatic carbocycles. The lowest BCUT2D eigenvalue weighted by molar-refractivity contribution is -0.882. The summed E-state index contributed by atoms with van der Waals surface area (Å²) >= 11 is 0. The van der Waals surface area contributed by atoms with Gasteiger partial charge < -0.3 is 14.5 Å². The van der Waals surface area contributed by atoms with Gasteiger partial charge in [-0.1, -0.05) is 45.7 Å². The summed E-state index contributed by atoms with van der Waals surface area (Å²) in [5.74, 6) is 1.68. The highest BCUT2D eigenvalue weighted by Gasteiger charge is 2.19. The van der Waals surface area contributed by atoms with E-state index in [-0.39, 0.29) is 5.91 Å². The van der Waals surface area contributed by atoms with Crippen LogP contribution in [-0.2, 0) is 4.79 Å². The molecular formula is C24H43N2O2+. The van der Waals surface area contributed by atoms with E-state index in [2.05, 4.69) is 65.3 Å². The van der Waals surface area contributed by atoms with Gasteiger partial charge in [0.05, 0.1) is 27.2 Å². The maximum absolute atomic E-state index is 12.1. The average molecular weight is 392 g/mol. The highest BCUT2D eigenvalue weighted by atomic mass is 16.5. The Morgan fingerprint density at radius 1 is 1.11 bits per heavy atom. The van der Waals surface area contributed by atoms with E-state index in [0.717, 1.165) is 55.6 Å². The number of hydrogen-bond donors (Lipinski definition) is 1. The number of rotatable bonds is 14. The van der Waals surface area contributed by atoms with Crippen LogP contribution in [0.1, 0.15) is 76.3 Å². The second kappa shape index (κ2) is 12.8. The molecule has 0 heterocycles. The van der Waals surface area contributed by atoms with Crippen LogP contribution >= 0.6 is 0 Å². The summed E-state index contributed by atoms with van der Waals surface area (Å²) in [4.78, 5) is 12.1. The van der Waals surface area contributed by atoms with Crippen LogP contribution < -0.4 is 10.1 Å². The molecule has 0 fully saturated rings. The van der Waals surface area contributed by atoms with Crippen molar-refractivity contribution < 1.29 is 14.0 Å². The van der Waals surface area contributed by atoms with Crippen LogP contribution in [-0.4, -0.2) is 50.7 Å². The lowest BCUT2D eigenvalue weighted by atomic mass is 10.0. The first-order chi connectivity index (χ1) is 13.2. The van der Waals surface area contributed by atoms with Crippen molar-refractivity contribution in [1.82, 2.24) is 5.32 Å². The minimum atomic E-state index is 0.171. The Morgan fingerprint density at radius 3 is 2.54 bits per heavy atom. The molecule has 1 N–H and O–H groups in total. The third kappa shape index (κ3) is 10.1. The van der Waals surface area contributed by atoms with Crippen molar-refractivity contribution in [2.75, 3.05) is 40.3 Å². The Bertz CT molecular complexity index is 582. The number of amides is 1. The number of carbonyl (C=O) groups excluding carboxylic acids is 1. The van der Waals surface area contributed by atoms with Crippen LogP contribution in [0.3, 0.4) is 0 Å². The highest BCUT2D eigenvalue weighted by molar-refractivity contribution is 5.76. The minimum absolute atomic E-state index is 0.171. The molecule has 0 unspecified atom stereocenters. The summed E-state index contributed by atoms with van der Waals surface area (Å²) in [6.07, 6.45) is 6.74. The maximum atomic E-state index is 12.1. The molecule has 0 saturated heterocycles. The summed E-state index contributed by atoms with van der Waals surface area (Å²) in [6.45, 7) is 11.8. The van der Waals surface area contributed by atoms with E-state index in [0.29, 0.717) is 12.5 Å². The predicted octanol–water partition coefficient (Wildman–Crippen LogP) is 5.05. The second-order valence-corrected chi connectivity index (χ2v) is 8.98. The van der Waals surface area contributed by atoms with Gasteiger partial charge in [0.1, 0.15) is 5.75 Å². The lowest BCUT2D eigenvalue weighted by Gasteiger charge is -2.29. The van der Waals surface area contributed by atoms with Crippen molar-refractivity contribution in [3.05, 3.63) is 29.3 Å². The molecule has 160 valence electrons. The molecule has 4 heteroatoms. The average Bonchev–Trinajstić information content (AvgIpc) is 2.61. The molecule has 0 aromatic heterocycles. The van der Waals surface area contributed by atoms with E-state index in [9.17, 15) is 4.79 Å². The zero-order chi connectivity index (χ0) is 21.0. The predicted molar refractivity (Wildman–Crippen MR) is 119 cm³/mol. The zero-order valence-corrected chi connectivity index (χ0v) is 19.1. The molecule has 0 aliphatic rings. The fraction of sp³-hybridized carbons (Fsp3) is 0.708. The van der Waals surface area contributed by atoms with Gasteiger partial charge in [0.15, 0.2) is 6.54 Å². The van der Waals surface area contributed by atoms with Gasteiger partial charge in [-0.05, 0) is 55.7 Å². The van der Waals surface area contributed by atoms with E-state index >= 15 is 0 Å². The van der Waals surface area contributed by atoms with Gasteiger partial charge in [-0.25, -0.2) is 0 Å². The monoisotopic (exact) mass is 391 g/mol. The topological polar surface area (TPSA) is 38.3 Å². The second-order valence-electron chi connectivity index (χ2n) is 8.98. The summed E-state index contributed by atoms with van der Waals surface area (Å²) in [5, 5.41) is 3.05. The fourth-order valence-electron chi connectivity index (χ4n) is 3.37. The molecule has 1 rings (SSSR count). The molecule has 1 aromatic rings. The number of ether oxygens (including phenoxy) is 1. The SMILES string of the molecule is CCCCCNC(=O)C[N+](C)(C)CCCCCOc1cc(C)ccc1C(C)C. The van der Waals surface area contributed by atoms with Crippen LogP contribution in [0.15, 0.2) is 18.2 Å². The normalized spacial score (nSPS) is 11.7. The minimum Gasteiger partial charge on any atom is -0.493 e. The Labute approximate surface area is 173 Å². The number of carbonyl (C=O) groups is 1. The van der Waals surface area contributed by atoms with E-state index in [4.69, 9.17) is 4.74 Å². The number of unbranched alkanes of at least 4 members (excludes halogenated alkanes) is 4. The Kier molecular flexibility index (Phi) is 11.2. The molecular weight excluding hydrogens is 348 g/mol. The van der Waals surface area contributed by atoms with Crippen LogP contribution in [0, 0.1) is 6.92 Å². The van der Waals surface area contributed by atoms with E-state index in [1.165, 1.54) is 24.0 Å². The molecule has 28 heavy (non-hydrogen) atoms. The zero-order valence-electron chi connectivity index (χ0n) is 19.1. The number of nitrogens with one attached hydrogen (secondary N) is 1. The van der Waals surface area contributed by atoms with Crippen LogP contribution in [0.2, 0.25) is 0 Å². The molecule has 0 bridgehead atoms. The first kappa shape index (κ1) is 24.5. The van der Waals surface area contributed by atoms with Gasteiger partial charge in [-0.2, -0.15) is 0 Å². The Morgan fingerprint density at radius 2 is 1.86 bits per heavy atom. The molecule has 4 nitrogen and oxygen atoms in total. The van der Waals surface area contributed by atoms with Crippen molar-refractivity contribution in [2.45, 2.75) is 72.1 Å². The maximum Gasteiger partial charge on any atom is 0.275 e. The summed E-state index contributed by atoms with van der Waals surface area (Å²) in [6, 6.07) is 6.49. The standard InChI is InChI=1S/C24H42N2O2/c1-7-8-10-15-25-24(27)19-26(5,6)16-11-9-12-17-28-23-18-21(4)13-14-22(23)20(2)3/h13-14,18,20H,7-12,15-17,19H2,1-6H3/p+1. The molecule has 0 spiro atoms. The van der Waals surface area contributed by atoms with E-state index < -0.39 is 0 Å². The van der Waals surface area contributed by atoms with Crippen molar-refractivity contribution >= 4 is 5.91 Å². The van der Waals surface area contributed by atoms with Crippen LogP contribution in [0.5, 0.6) is 5.75 Å². The van der Waals surface area contributed by atoms with Gasteiger partial charge >= 0.3 is 0 Å². The number of quaternary nitrogens is 1. The number of nitrogens with zero attached hydrogens (tertiary/aromatic N) is 1. The van der Waals surface area contributed by atoms with Crippen molar-refractivity contribution in [1.29, 1.82) is 0 Å². The third-order valence-corrected chi connectivity index (χ3v) is 5.13. The molecule has 0 atom stereocenters. The number of likely N-dealkylation sites (N-methyl/N-ethyl adjacent to an activating group) is 1. The van der Waals surface area contributed by atoms with Gasteiger partial charge in [-0.3, -0.25) is 4.79 Å². The molecule has 0 saturated carbocycles. The summed E-state index contributed by atoms with van der Waals surface area (Å²) in [7, 11) is 4.29. The highest BCUT2D eigenvalue weighted by Crippen LogP contribution is 2.27. The molecule has 0 aliphatic carbocycles. The smallest absolute Gasteiger partial charge is 0.275 e. The first-order valence-corrected chi connectivity index (χ1v) is 11.1. The van der Waals surface area contributed by atoms with Crippen molar-refractivity contribution in [3.63, 3.8) is 0 Å². The summed E-state index contributed by atoms with van der Waals surface area (Å²) in [5.41, 5.74) is 2.53. The van der Waals surface area contributed by atoms with Gasteiger partial charge in [0, 0.05) is 6.54 Å². The van der Waals surface area contributed by atoms with E-state index in [1.54, 1.807) is 0 Å². The molecule has 0 radical (unpaired) electrons. The fourth-order valence-corrected chi connectivity index (χ4v) is 3.37. The summed E-state index contributed by atoms with van der Waals surface area (Å²) < 4.78 is 6.82. The van der Waals surface area contributed by atoms with Gasteiger partial charge in [0.25, 0.3) is 5.91 Å². The van der Waals surface area contributed by atoms with E-state index in [1.807, 2.05) is 0 Å². The first-order valence-electron chi connectivity index (χ1n) is 11.1. The third-order valence-electron chi connectivity index (χ3n) is 5.13. The number of aryl methyl sites for hydroxylation is 1. The van der Waals surface area contributed by atoms with Crippen LogP contribution in [0.25, 0.3) is 0 Å². The van der Waals surface area contributed by atoms with Crippen molar-refractivity contribution in [3.8, 4) is 5.75 Å². The lowest BCUT2D eigenvalue weighted by Crippen LogP contribution is -2.48. The van der Waals surface area contributed by atoms with Gasteiger partial charge in [-0.15, -0.1) is 0 Å². The quantitative estimate of drug-likeness (QED) is 0.356. The number of hydrogen-bond acceptors (Lipinski definition) is 2. The largest absolute Gasteiger partial charge is 0.493 e. The van der Waals surface area contributed by atoms with Crippen LogP contribution in [0.4, 0.5) is 0 Å². The Hall–Kier alpha value is -1.55. The van der Waals surface area contributed by atoms with Crippen molar-refractivity contribution in [2.24, 2.45) is 0 Å². The molecule has 0 aliphatic heterocycles. The molecule has 1 amide bonds. The number of benzene rings is 1.